The Morgan fingerprint density at radius 2 is 2.15 bits per heavy atom. The lowest BCUT2D eigenvalue weighted by atomic mass is 10.4. The maximum Gasteiger partial charge on any atom is 0.350 e. The van der Waals surface area contributed by atoms with Crippen molar-refractivity contribution in [3.8, 4) is 0 Å². The van der Waals surface area contributed by atoms with E-state index in [0.29, 0.717) is 17.7 Å². The molecule has 0 fully saturated rings. The number of imidazole rings is 1. The fourth-order valence-corrected chi connectivity index (χ4v) is 2.04. The average molecular weight is 305 g/mol. The summed E-state index contributed by atoms with van der Waals surface area (Å²) in [7, 11) is -4.16. The van der Waals surface area contributed by atoms with Crippen molar-refractivity contribution in [2.45, 2.75) is 19.6 Å². The monoisotopic (exact) mass is 305 g/mol. The van der Waals surface area contributed by atoms with E-state index < -0.39 is 20.0 Å². The molecule has 1 unspecified atom stereocenters. The number of hydrogen-bond acceptors (Lipinski definition) is 6. The molecule has 2 aromatic heterocycles. The molecule has 2 heterocycles. The number of fused-ring (bicyclic) bond motifs is 1. The van der Waals surface area contributed by atoms with Crippen LogP contribution in [0.2, 0.25) is 0 Å². The van der Waals surface area contributed by atoms with E-state index in [1.165, 1.54) is 12.7 Å². The Labute approximate surface area is 114 Å². The zero-order chi connectivity index (χ0) is 14.0. The van der Waals surface area contributed by atoms with Crippen LogP contribution in [-0.2, 0) is 15.8 Å². The number of nitrogens with two attached hydrogens (primary N) is 1. The predicted octanol–water partition coefficient (Wildman–Crippen LogP) is -0.876. The van der Waals surface area contributed by atoms with Crippen LogP contribution in [0.5, 0.6) is 0 Å². The highest BCUT2D eigenvalue weighted by molar-refractivity contribution is 7.51. The van der Waals surface area contributed by atoms with Gasteiger partial charge < -0.3 is 30.3 Å². The highest BCUT2D eigenvalue weighted by Gasteiger charge is 2.16. The second kappa shape index (κ2) is 6.25. The number of anilines is 1. The SMILES string of the molecule is CC(Cn1cnc2c(N)ncnc21)OCP(=O)(O)O.O. The Morgan fingerprint density at radius 3 is 2.80 bits per heavy atom. The molecule has 1 atom stereocenters. The number of rotatable bonds is 5. The highest BCUT2D eigenvalue weighted by Crippen LogP contribution is 2.34. The van der Waals surface area contributed by atoms with E-state index in [-0.39, 0.29) is 11.3 Å². The molecule has 0 saturated heterocycles. The molecule has 0 radical (unpaired) electrons. The lowest BCUT2D eigenvalue weighted by molar-refractivity contribution is 0.0764. The molecular formula is C9H16N5O5P. The van der Waals surface area contributed by atoms with Crippen molar-refractivity contribution in [3.05, 3.63) is 12.7 Å². The Hall–Kier alpha value is -1.58. The molecule has 112 valence electrons. The van der Waals surface area contributed by atoms with Crippen LogP contribution in [0, 0.1) is 0 Å². The smallest absolute Gasteiger partial charge is 0.350 e. The molecule has 20 heavy (non-hydrogen) atoms. The molecule has 0 aliphatic rings. The molecule has 0 saturated carbocycles. The van der Waals surface area contributed by atoms with Crippen LogP contribution >= 0.6 is 7.60 Å². The fourth-order valence-electron chi connectivity index (χ4n) is 1.59. The van der Waals surface area contributed by atoms with Gasteiger partial charge in [-0.25, -0.2) is 15.0 Å². The largest absolute Gasteiger partial charge is 0.412 e. The summed E-state index contributed by atoms with van der Waals surface area (Å²) in [5.74, 6) is 0.285. The predicted molar refractivity (Wildman–Crippen MR) is 70.8 cm³/mol. The Morgan fingerprint density at radius 1 is 1.45 bits per heavy atom. The molecule has 6 N–H and O–H groups in total. The number of hydrogen-bond donors (Lipinski definition) is 3. The van der Waals surface area contributed by atoms with Crippen LogP contribution < -0.4 is 5.73 Å². The first-order valence-electron chi connectivity index (χ1n) is 5.44. The summed E-state index contributed by atoms with van der Waals surface area (Å²) in [6, 6.07) is 0. The summed E-state index contributed by atoms with van der Waals surface area (Å²) in [5, 5.41) is 0. The third-order valence-electron chi connectivity index (χ3n) is 2.41. The standard InChI is InChI=1S/C9H14N5O4P.H2O/c1-6(18-5-19(15,16)17)2-14-4-13-7-8(10)11-3-12-9(7)14;/h3-4,6H,2,5H2,1H3,(H2,10,11,12)(H2,15,16,17);1H2. The lowest BCUT2D eigenvalue weighted by Crippen LogP contribution is -2.17. The minimum absolute atomic E-state index is 0. The van der Waals surface area contributed by atoms with Crippen molar-refractivity contribution < 1.29 is 24.6 Å². The van der Waals surface area contributed by atoms with Gasteiger partial charge in [0.2, 0.25) is 0 Å². The second-order valence-corrected chi connectivity index (χ2v) is 5.69. The van der Waals surface area contributed by atoms with E-state index in [1.54, 1.807) is 11.5 Å². The van der Waals surface area contributed by atoms with Crippen molar-refractivity contribution in [2.75, 3.05) is 12.1 Å². The van der Waals surface area contributed by atoms with Crippen LogP contribution in [0.3, 0.4) is 0 Å². The van der Waals surface area contributed by atoms with Gasteiger partial charge in [-0.05, 0) is 6.92 Å². The lowest BCUT2D eigenvalue weighted by Gasteiger charge is -2.14. The van der Waals surface area contributed by atoms with Gasteiger partial charge in [0.1, 0.15) is 18.2 Å². The molecule has 0 aromatic carbocycles. The summed E-state index contributed by atoms with van der Waals surface area (Å²) in [6.45, 7) is 2.05. The van der Waals surface area contributed by atoms with E-state index in [1.807, 2.05) is 0 Å². The van der Waals surface area contributed by atoms with Crippen molar-refractivity contribution >= 4 is 24.6 Å². The molecule has 0 spiro atoms. The first kappa shape index (κ1) is 16.5. The van der Waals surface area contributed by atoms with E-state index in [2.05, 4.69) is 15.0 Å². The van der Waals surface area contributed by atoms with Crippen LogP contribution in [-0.4, -0.2) is 47.2 Å². The average Bonchev–Trinajstić information content (AvgIpc) is 2.71. The van der Waals surface area contributed by atoms with Crippen molar-refractivity contribution in [2.24, 2.45) is 0 Å². The van der Waals surface area contributed by atoms with E-state index in [0.717, 1.165) is 0 Å². The van der Waals surface area contributed by atoms with Crippen LogP contribution in [0.4, 0.5) is 5.82 Å². The van der Waals surface area contributed by atoms with Crippen molar-refractivity contribution in [1.29, 1.82) is 0 Å². The van der Waals surface area contributed by atoms with Crippen LogP contribution in [0.15, 0.2) is 12.7 Å². The Kier molecular flexibility index (Phi) is 5.15. The molecule has 2 rings (SSSR count). The summed E-state index contributed by atoms with van der Waals surface area (Å²) in [4.78, 5) is 29.4. The highest BCUT2D eigenvalue weighted by atomic mass is 31.2. The first-order valence-corrected chi connectivity index (χ1v) is 7.24. The summed E-state index contributed by atoms with van der Waals surface area (Å²) < 4.78 is 17.5. The van der Waals surface area contributed by atoms with Gasteiger partial charge in [0.25, 0.3) is 0 Å². The zero-order valence-corrected chi connectivity index (χ0v) is 11.6. The van der Waals surface area contributed by atoms with Gasteiger partial charge in [-0.15, -0.1) is 0 Å². The molecule has 0 bridgehead atoms. The number of nitrogens with zero attached hydrogens (tertiary/aromatic N) is 4. The third-order valence-corrected chi connectivity index (χ3v) is 2.90. The normalized spacial score (nSPS) is 13.2. The minimum Gasteiger partial charge on any atom is -0.412 e. The Bertz CT molecular complexity index is 626. The van der Waals surface area contributed by atoms with Crippen molar-refractivity contribution in [3.63, 3.8) is 0 Å². The molecule has 0 amide bonds. The molecule has 0 aliphatic heterocycles. The third kappa shape index (κ3) is 3.95. The maximum absolute atomic E-state index is 10.7. The van der Waals surface area contributed by atoms with Crippen LogP contribution in [0.25, 0.3) is 11.2 Å². The Balaban J connectivity index is 0.00000200. The van der Waals surface area contributed by atoms with E-state index in [4.69, 9.17) is 20.3 Å². The molecule has 2 aromatic rings. The van der Waals surface area contributed by atoms with Gasteiger partial charge in [-0.3, -0.25) is 4.57 Å². The molecular weight excluding hydrogens is 289 g/mol. The topological polar surface area (TPSA) is 168 Å². The molecule has 10 nitrogen and oxygen atoms in total. The zero-order valence-electron chi connectivity index (χ0n) is 10.7. The number of nitrogen functional groups attached to an aromatic ring is 1. The van der Waals surface area contributed by atoms with Crippen molar-refractivity contribution in [1.82, 2.24) is 19.5 Å². The first-order chi connectivity index (χ1) is 8.87. The maximum atomic E-state index is 10.7. The van der Waals surface area contributed by atoms with Gasteiger partial charge in [0.15, 0.2) is 11.5 Å². The summed E-state index contributed by atoms with van der Waals surface area (Å²) >= 11 is 0. The number of aromatic nitrogens is 4. The van der Waals surface area contributed by atoms with E-state index in [9.17, 15) is 4.57 Å². The fraction of sp³-hybridized carbons (Fsp3) is 0.444. The molecule has 0 aliphatic carbocycles. The summed E-state index contributed by atoms with van der Waals surface area (Å²) in [6.07, 6.45) is 1.85. The number of ether oxygens (including phenoxy) is 1. The van der Waals surface area contributed by atoms with E-state index >= 15 is 0 Å². The van der Waals surface area contributed by atoms with Gasteiger partial charge >= 0.3 is 7.60 Å². The van der Waals surface area contributed by atoms with Gasteiger partial charge in [-0.2, -0.15) is 0 Å². The quantitative estimate of drug-likeness (QED) is 0.598. The van der Waals surface area contributed by atoms with Gasteiger partial charge in [-0.1, -0.05) is 0 Å². The van der Waals surface area contributed by atoms with Gasteiger partial charge in [0.05, 0.1) is 19.0 Å². The summed E-state index contributed by atoms with van der Waals surface area (Å²) in [5.41, 5.74) is 6.70. The second-order valence-electron chi connectivity index (χ2n) is 4.10. The van der Waals surface area contributed by atoms with Crippen LogP contribution in [0.1, 0.15) is 6.92 Å². The minimum atomic E-state index is -4.16. The van der Waals surface area contributed by atoms with Gasteiger partial charge in [0, 0.05) is 0 Å². The molecule has 11 heteroatoms.